The van der Waals surface area contributed by atoms with Gasteiger partial charge in [-0.15, -0.1) is 0 Å². The van der Waals surface area contributed by atoms with Gasteiger partial charge in [0.15, 0.2) is 5.82 Å². The number of fused-ring (bicyclic) bond motifs is 1. The van der Waals surface area contributed by atoms with E-state index in [1.807, 2.05) is 11.9 Å². The van der Waals surface area contributed by atoms with Crippen molar-refractivity contribution in [3.63, 3.8) is 0 Å². The van der Waals surface area contributed by atoms with Crippen LogP contribution < -0.4 is 10.5 Å². The zero-order valence-corrected chi connectivity index (χ0v) is 17.6. The first kappa shape index (κ1) is 20.3. The van der Waals surface area contributed by atoms with Crippen LogP contribution in [0.15, 0.2) is 53.6 Å². The van der Waals surface area contributed by atoms with Gasteiger partial charge in [-0.1, -0.05) is 12.1 Å². The predicted molar refractivity (Wildman–Crippen MR) is 114 cm³/mol. The number of carbonyl (C=O) groups is 1. The lowest BCUT2D eigenvalue weighted by Crippen LogP contribution is -2.38. The highest BCUT2D eigenvalue weighted by Gasteiger charge is 2.59. The molecule has 7 nitrogen and oxygen atoms in total. The van der Waals surface area contributed by atoms with E-state index < -0.39 is 11.6 Å². The molecular weight excluding hydrogens is 416 g/mol. The number of carbonyl (C=O) groups excluding carboxylic acids is 1. The molecule has 1 aliphatic carbocycles. The molecule has 1 aromatic carbocycles. The number of pyridine rings is 1. The van der Waals surface area contributed by atoms with Gasteiger partial charge in [0, 0.05) is 62.9 Å². The molecule has 3 atom stereocenters. The molecule has 0 radical (unpaired) electrons. The van der Waals surface area contributed by atoms with Crippen LogP contribution >= 0.6 is 0 Å². The van der Waals surface area contributed by atoms with Gasteiger partial charge in [-0.3, -0.25) is 19.1 Å². The van der Waals surface area contributed by atoms with Crippen LogP contribution in [0.2, 0.25) is 0 Å². The van der Waals surface area contributed by atoms with Crippen LogP contribution in [0.1, 0.15) is 10.4 Å². The number of aromatic nitrogens is 3. The molecule has 3 heterocycles. The second kappa shape index (κ2) is 7.51. The lowest BCUT2D eigenvalue weighted by molar-refractivity contribution is 0.0768. The molecule has 32 heavy (non-hydrogen) atoms. The zero-order chi connectivity index (χ0) is 22.6. The molecule has 0 bridgehead atoms. The van der Waals surface area contributed by atoms with Crippen molar-refractivity contribution >= 4 is 11.9 Å². The summed E-state index contributed by atoms with van der Waals surface area (Å²) in [5, 5.41) is 0. The molecule has 9 heteroatoms. The predicted octanol–water partition coefficient (Wildman–Crippen LogP) is 2.33. The van der Waals surface area contributed by atoms with E-state index in [-0.39, 0.29) is 46.2 Å². The molecule has 0 N–H and O–H groups in total. The van der Waals surface area contributed by atoms with Crippen molar-refractivity contribution < 1.29 is 13.6 Å². The molecule has 2 fully saturated rings. The first-order chi connectivity index (χ1) is 15.4. The van der Waals surface area contributed by atoms with Crippen LogP contribution in [0.3, 0.4) is 0 Å². The Morgan fingerprint density at radius 1 is 1.12 bits per heavy atom. The van der Waals surface area contributed by atoms with Gasteiger partial charge in [0.25, 0.3) is 11.5 Å². The molecule has 2 aromatic heterocycles. The normalized spacial score (nSPS) is 21.4. The summed E-state index contributed by atoms with van der Waals surface area (Å²) in [5.74, 6) is -0.547. The van der Waals surface area contributed by atoms with Crippen molar-refractivity contribution in [3.05, 3.63) is 76.3 Å². The molecule has 5 rings (SSSR count). The average molecular weight is 437 g/mol. The van der Waals surface area contributed by atoms with Crippen molar-refractivity contribution in [2.45, 2.75) is 6.04 Å². The second-order valence-electron chi connectivity index (χ2n) is 8.31. The molecule has 1 unspecified atom stereocenters. The minimum Gasteiger partial charge on any atom is -0.342 e. The largest absolute Gasteiger partial charge is 0.342 e. The highest BCUT2D eigenvalue weighted by atomic mass is 19.1. The number of rotatable bonds is 4. The number of nitrogens with zero attached hydrogens (tertiary/aromatic N) is 5. The molecule has 1 saturated heterocycles. The number of halogens is 2. The van der Waals surface area contributed by atoms with Crippen LogP contribution in [0.4, 0.5) is 14.7 Å². The highest BCUT2D eigenvalue weighted by Crippen LogP contribution is 2.49. The average Bonchev–Trinajstić information content (AvgIpc) is 3.28. The zero-order valence-electron chi connectivity index (χ0n) is 17.6. The molecule has 1 amide bonds. The van der Waals surface area contributed by atoms with Gasteiger partial charge in [-0.2, -0.15) is 0 Å². The van der Waals surface area contributed by atoms with Crippen LogP contribution in [0.5, 0.6) is 0 Å². The van der Waals surface area contributed by atoms with Gasteiger partial charge >= 0.3 is 0 Å². The fourth-order valence-electron chi connectivity index (χ4n) is 4.74. The highest BCUT2D eigenvalue weighted by molar-refractivity contribution is 5.94. The van der Waals surface area contributed by atoms with E-state index >= 15 is 0 Å². The minimum absolute atomic E-state index is 0.0786. The van der Waals surface area contributed by atoms with Crippen molar-refractivity contribution in [1.82, 2.24) is 19.4 Å². The first-order valence-electron chi connectivity index (χ1n) is 10.3. The van der Waals surface area contributed by atoms with Crippen molar-refractivity contribution in [2.24, 2.45) is 18.9 Å². The Kier molecular flexibility index (Phi) is 4.76. The quantitative estimate of drug-likeness (QED) is 0.627. The standard InChI is InChI=1S/C23H21F2N5O2/c1-28-20(31)9-19(13-7-8-26-10-18(13)25)27-23(28)29(2)21-15-11-30(12-16(15)21)22(32)14-5-3-4-6-17(14)24/h3-10,15-16,21H,11-12H2,1-2H3/t15-,16+,21?. The second-order valence-corrected chi connectivity index (χ2v) is 8.31. The third-order valence-electron chi connectivity index (χ3n) is 6.46. The van der Waals surface area contributed by atoms with Crippen molar-refractivity contribution in [1.29, 1.82) is 0 Å². The summed E-state index contributed by atoms with van der Waals surface area (Å²) in [7, 11) is 3.47. The monoisotopic (exact) mass is 437 g/mol. The van der Waals surface area contributed by atoms with Crippen molar-refractivity contribution in [3.8, 4) is 11.3 Å². The van der Waals surface area contributed by atoms with E-state index in [2.05, 4.69) is 9.97 Å². The number of likely N-dealkylation sites (tertiary alicyclic amines) is 1. The molecule has 164 valence electrons. The third-order valence-corrected chi connectivity index (χ3v) is 6.46. The number of piperidine rings is 1. The Hall–Kier alpha value is -3.62. The maximum absolute atomic E-state index is 14.2. The first-order valence-corrected chi connectivity index (χ1v) is 10.3. The molecule has 1 aliphatic heterocycles. The summed E-state index contributed by atoms with van der Waals surface area (Å²) in [6.45, 7) is 1.03. The molecule has 0 spiro atoms. The van der Waals surface area contributed by atoms with Crippen LogP contribution in [0.25, 0.3) is 11.3 Å². The van der Waals surface area contributed by atoms with E-state index in [1.54, 1.807) is 24.1 Å². The summed E-state index contributed by atoms with van der Waals surface area (Å²) in [4.78, 5) is 37.1. The van der Waals surface area contributed by atoms with E-state index in [1.165, 1.54) is 35.0 Å². The van der Waals surface area contributed by atoms with Gasteiger partial charge < -0.3 is 9.80 Å². The number of amides is 1. The van der Waals surface area contributed by atoms with E-state index in [9.17, 15) is 18.4 Å². The minimum atomic E-state index is -0.549. The number of hydrogen-bond acceptors (Lipinski definition) is 5. The van der Waals surface area contributed by atoms with Crippen LogP contribution in [-0.4, -0.2) is 51.5 Å². The topological polar surface area (TPSA) is 71.3 Å². The lowest BCUT2D eigenvalue weighted by Gasteiger charge is -2.26. The number of anilines is 1. The smallest absolute Gasteiger partial charge is 0.256 e. The fraction of sp³-hybridized carbons (Fsp3) is 0.304. The molecular formula is C23H21F2N5O2. The Bertz CT molecular complexity index is 1270. The van der Waals surface area contributed by atoms with Gasteiger partial charge in [0.05, 0.1) is 17.5 Å². The van der Waals surface area contributed by atoms with Gasteiger partial charge in [-0.25, -0.2) is 13.8 Å². The van der Waals surface area contributed by atoms with Gasteiger partial charge in [-0.05, 0) is 18.2 Å². The molecule has 3 aromatic rings. The third kappa shape index (κ3) is 3.24. The summed E-state index contributed by atoms with van der Waals surface area (Å²) in [6.07, 6.45) is 2.54. The summed E-state index contributed by atoms with van der Waals surface area (Å²) in [5.41, 5.74) is 0.243. The number of hydrogen-bond donors (Lipinski definition) is 0. The maximum Gasteiger partial charge on any atom is 0.256 e. The van der Waals surface area contributed by atoms with Gasteiger partial charge in [0.1, 0.15) is 5.82 Å². The Morgan fingerprint density at radius 3 is 2.53 bits per heavy atom. The van der Waals surface area contributed by atoms with E-state index in [4.69, 9.17) is 0 Å². The van der Waals surface area contributed by atoms with E-state index in [0.717, 1.165) is 6.20 Å². The van der Waals surface area contributed by atoms with Crippen molar-refractivity contribution in [2.75, 3.05) is 25.0 Å². The van der Waals surface area contributed by atoms with Crippen LogP contribution in [-0.2, 0) is 7.05 Å². The molecule has 1 saturated carbocycles. The summed E-state index contributed by atoms with van der Waals surface area (Å²) in [6, 6.07) is 8.86. The van der Waals surface area contributed by atoms with Crippen LogP contribution in [0, 0.1) is 23.5 Å². The van der Waals surface area contributed by atoms with Gasteiger partial charge in [0.2, 0.25) is 5.95 Å². The Labute approximate surface area is 182 Å². The lowest BCUT2D eigenvalue weighted by atomic mass is 10.2. The summed E-state index contributed by atoms with van der Waals surface area (Å²) >= 11 is 0. The number of benzene rings is 1. The fourth-order valence-corrected chi connectivity index (χ4v) is 4.74. The summed E-state index contributed by atoms with van der Waals surface area (Å²) < 4.78 is 29.6. The van der Waals surface area contributed by atoms with E-state index in [0.29, 0.717) is 19.0 Å². The molecule has 2 aliphatic rings. The Morgan fingerprint density at radius 2 is 1.84 bits per heavy atom. The maximum atomic E-state index is 14.2. The Balaban J connectivity index is 1.36. The SMILES string of the molecule is CN(c1nc(-c2ccncc2F)cc(=O)n1C)C1[C@H]2CN(C(=O)c3ccccc3F)C[C@@H]12.